The number of hydrogen-bond donors (Lipinski definition) is 1. The molecule has 3 aliphatic rings. The van der Waals surface area contributed by atoms with Crippen LogP contribution in [0.1, 0.15) is 13.3 Å². The highest BCUT2D eigenvalue weighted by atomic mass is 16.5. The normalized spacial score (nSPS) is 38.2. The Kier molecular flexibility index (Phi) is 2.69. The SMILES string of the molecule is CC[C@@H]1[C@H](O)[C@H]2C=C[C@@H]1N(C(=O)OC)C2. The molecule has 2 bridgehead atoms. The quantitative estimate of drug-likeness (QED) is 0.658. The molecule has 0 spiro atoms. The van der Waals surface area contributed by atoms with E-state index in [0.717, 1.165) is 6.42 Å². The van der Waals surface area contributed by atoms with Crippen LogP contribution in [0.5, 0.6) is 0 Å². The van der Waals surface area contributed by atoms with Crippen molar-refractivity contribution in [3.8, 4) is 0 Å². The molecular weight excluding hydrogens is 194 g/mol. The number of amides is 1. The van der Waals surface area contributed by atoms with Crippen LogP contribution in [0.3, 0.4) is 0 Å². The molecule has 2 heterocycles. The van der Waals surface area contributed by atoms with Crippen molar-refractivity contribution in [2.45, 2.75) is 25.5 Å². The van der Waals surface area contributed by atoms with E-state index in [1.54, 1.807) is 4.90 Å². The standard InChI is InChI=1S/C11H17NO3/c1-3-8-9-5-4-7(10(8)13)6-12(9)11(14)15-2/h4-5,7-10,13H,3,6H2,1-2H3/t7-,8-,9-,10+/m0/s1. The van der Waals surface area contributed by atoms with Crippen LogP contribution in [-0.2, 0) is 4.74 Å². The van der Waals surface area contributed by atoms with Crippen LogP contribution in [0.4, 0.5) is 4.79 Å². The van der Waals surface area contributed by atoms with Crippen LogP contribution in [0.2, 0.25) is 0 Å². The number of fused-ring (bicyclic) bond motifs is 2. The maximum Gasteiger partial charge on any atom is 0.410 e. The van der Waals surface area contributed by atoms with Crippen LogP contribution in [0.25, 0.3) is 0 Å². The van der Waals surface area contributed by atoms with Gasteiger partial charge in [0.15, 0.2) is 0 Å². The maximum atomic E-state index is 11.5. The molecule has 15 heavy (non-hydrogen) atoms. The summed E-state index contributed by atoms with van der Waals surface area (Å²) in [6.45, 7) is 2.61. The van der Waals surface area contributed by atoms with Gasteiger partial charge in [-0.05, 0) is 6.42 Å². The van der Waals surface area contributed by atoms with Crippen molar-refractivity contribution in [1.29, 1.82) is 0 Å². The number of rotatable bonds is 1. The van der Waals surface area contributed by atoms with Crippen molar-refractivity contribution in [3.05, 3.63) is 12.2 Å². The number of carbonyl (C=O) groups is 1. The molecule has 1 saturated heterocycles. The summed E-state index contributed by atoms with van der Waals surface area (Å²) in [6, 6.07) is 0.00227. The molecular formula is C11H17NO3. The zero-order valence-electron chi connectivity index (χ0n) is 9.09. The fraction of sp³-hybridized carbons (Fsp3) is 0.727. The monoisotopic (exact) mass is 211 g/mol. The first-order valence-corrected chi connectivity index (χ1v) is 5.40. The Morgan fingerprint density at radius 2 is 2.33 bits per heavy atom. The largest absolute Gasteiger partial charge is 0.453 e. The van der Waals surface area contributed by atoms with E-state index in [0.29, 0.717) is 6.54 Å². The number of aliphatic hydroxyl groups excluding tert-OH is 1. The van der Waals surface area contributed by atoms with Crippen LogP contribution < -0.4 is 0 Å². The predicted octanol–water partition coefficient (Wildman–Crippen LogP) is 1.01. The van der Waals surface area contributed by atoms with E-state index >= 15 is 0 Å². The number of piperidine rings is 1. The summed E-state index contributed by atoms with van der Waals surface area (Å²) >= 11 is 0. The molecule has 0 saturated carbocycles. The van der Waals surface area contributed by atoms with Crippen LogP contribution in [0, 0.1) is 11.8 Å². The van der Waals surface area contributed by atoms with Crippen LogP contribution in [0.15, 0.2) is 12.2 Å². The zero-order valence-corrected chi connectivity index (χ0v) is 9.09. The molecule has 1 aliphatic carbocycles. The number of ether oxygens (including phenoxy) is 1. The van der Waals surface area contributed by atoms with Gasteiger partial charge in [0, 0.05) is 18.4 Å². The third-order valence-corrected chi connectivity index (χ3v) is 3.52. The molecule has 4 heteroatoms. The summed E-state index contributed by atoms with van der Waals surface area (Å²) in [5.41, 5.74) is 0. The fourth-order valence-electron chi connectivity index (χ4n) is 2.68. The lowest BCUT2D eigenvalue weighted by molar-refractivity contribution is -0.0347. The van der Waals surface area contributed by atoms with Gasteiger partial charge in [0.25, 0.3) is 0 Å². The van der Waals surface area contributed by atoms with Gasteiger partial charge in [0.1, 0.15) is 0 Å². The smallest absolute Gasteiger partial charge is 0.410 e. The first kappa shape index (κ1) is 10.5. The first-order chi connectivity index (χ1) is 7.19. The van der Waals surface area contributed by atoms with Crippen molar-refractivity contribution >= 4 is 6.09 Å². The molecule has 1 N–H and O–H groups in total. The molecule has 4 atom stereocenters. The molecule has 4 nitrogen and oxygen atoms in total. The molecule has 2 aliphatic heterocycles. The molecule has 84 valence electrons. The summed E-state index contributed by atoms with van der Waals surface area (Å²) in [5.74, 6) is 0.215. The Morgan fingerprint density at radius 3 is 2.93 bits per heavy atom. The van der Waals surface area contributed by atoms with Crippen LogP contribution in [-0.4, -0.2) is 41.9 Å². The first-order valence-electron chi connectivity index (χ1n) is 5.40. The van der Waals surface area contributed by atoms with Gasteiger partial charge >= 0.3 is 6.09 Å². The Labute approximate surface area is 89.5 Å². The van der Waals surface area contributed by atoms with Gasteiger partial charge in [-0.3, -0.25) is 0 Å². The molecule has 0 aromatic carbocycles. The van der Waals surface area contributed by atoms with Gasteiger partial charge in [0.05, 0.1) is 19.3 Å². The lowest BCUT2D eigenvalue weighted by Gasteiger charge is -2.48. The highest BCUT2D eigenvalue weighted by Crippen LogP contribution is 2.36. The third kappa shape index (κ3) is 1.53. The number of nitrogens with zero attached hydrogens (tertiary/aromatic N) is 1. The van der Waals surface area contributed by atoms with Gasteiger partial charge in [-0.2, -0.15) is 0 Å². The van der Waals surface area contributed by atoms with E-state index in [1.165, 1.54) is 7.11 Å². The lowest BCUT2D eigenvalue weighted by Crippen LogP contribution is -2.58. The average molecular weight is 211 g/mol. The lowest BCUT2D eigenvalue weighted by atomic mass is 9.74. The van der Waals surface area contributed by atoms with E-state index in [2.05, 4.69) is 0 Å². The Morgan fingerprint density at radius 1 is 1.60 bits per heavy atom. The number of hydrogen-bond acceptors (Lipinski definition) is 3. The van der Waals surface area contributed by atoms with E-state index < -0.39 is 0 Å². The Balaban J connectivity index is 2.21. The number of carbonyl (C=O) groups excluding carboxylic acids is 1. The topological polar surface area (TPSA) is 49.8 Å². The Hall–Kier alpha value is -1.03. The van der Waals surface area contributed by atoms with Gasteiger partial charge in [-0.15, -0.1) is 0 Å². The molecule has 1 fully saturated rings. The van der Waals surface area contributed by atoms with E-state index in [1.807, 2.05) is 19.1 Å². The molecule has 1 amide bonds. The second-order valence-electron chi connectivity index (χ2n) is 4.22. The maximum absolute atomic E-state index is 11.5. The van der Waals surface area contributed by atoms with Crippen molar-refractivity contribution in [2.24, 2.45) is 11.8 Å². The Bertz CT molecular complexity index is 290. The highest BCUT2D eigenvalue weighted by molar-refractivity contribution is 5.69. The summed E-state index contributed by atoms with van der Waals surface area (Å²) in [4.78, 5) is 13.2. The second kappa shape index (κ2) is 3.85. The molecule has 3 rings (SSSR count). The zero-order chi connectivity index (χ0) is 11.0. The summed E-state index contributed by atoms with van der Waals surface area (Å²) in [7, 11) is 1.39. The third-order valence-electron chi connectivity index (χ3n) is 3.52. The molecule has 0 aromatic rings. The second-order valence-corrected chi connectivity index (χ2v) is 4.22. The minimum Gasteiger partial charge on any atom is -0.453 e. The van der Waals surface area contributed by atoms with E-state index in [9.17, 15) is 9.90 Å². The highest BCUT2D eigenvalue weighted by Gasteiger charge is 2.45. The average Bonchev–Trinajstić information content (AvgIpc) is 2.29. The minimum atomic E-state index is -0.314. The molecule has 0 aromatic heterocycles. The van der Waals surface area contributed by atoms with E-state index in [-0.39, 0.29) is 30.1 Å². The van der Waals surface area contributed by atoms with Gasteiger partial charge < -0.3 is 14.7 Å². The van der Waals surface area contributed by atoms with Crippen LogP contribution >= 0.6 is 0 Å². The predicted molar refractivity (Wildman–Crippen MR) is 55.3 cm³/mol. The molecule has 0 radical (unpaired) electrons. The molecule has 0 unspecified atom stereocenters. The van der Waals surface area contributed by atoms with Crippen molar-refractivity contribution in [3.63, 3.8) is 0 Å². The number of aliphatic hydroxyl groups is 1. The van der Waals surface area contributed by atoms with Gasteiger partial charge in [-0.25, -0.2) is 4.79 Å². The van der Waals surface area contributed by atoms with Gasteiger partial charge in [0.2, 0.25) is 0 Å². The summed E-state index contributed by atoms with van der Waals surface area (Å²) in [5, 5.41) is 10.0. The van der Waals surface area contributed by atoms with Crippen molar-refractivity contribution in [1.82, 2.24) is 4.90 Å². The summed E-state index contributed by atoms with van der Waals surface area (Å²) < 4.78 is 4.74. The van der Waals surface area contributed by atoms with Crippen molar-refractivity contribution in [2.75, 3.05) is 13.7 Å². The minimum absolute atomic E-state index is 0.00227. The van der Waals surface area contributed by atoms with E-state index in [4.69, 9.17) is 4.74 Å². The van der Waals surface area contributed by atoms with Gasteiger partial charge in [-0.1, -0.05) is 19.1 Å². The summed E-state index contributed by atoms with van der Waals surface area (Å²) in [6.07, 6.45) is 4.30. The van der Waals surface area contributed by atoms with Crippen molar-refractivity contribution < 1.29 is 14.6 Å². The fourth-order valence-corrected chi connectivity index (χ4v) is 2.68. The number of methoxy groups -OCH3 is 1.